The number of allylic oxidation sites excluding steroid dienone is 7. The number of carbonyl (C=O) groups is 5. The highest BCUT2D eigenvalue weighted by atomic mass is 16.6. The quantitative estimate of drug-likeness (QED) is 0.189. The molecule has 1 aliphatic carbocycles. The Hall–Kier alpha value is -3.25. The number of carboxylic acid groups (broad SMARTS) is 1. The number of aliphatic hydroxyl groups is 2. The molecule has 0 spiro atoms. The number of aliphatic hydroxyl groups excluding tert-OH is 1. The van der Waals surface area contributed by atoms with E-state index in [1.54, 1.807) is 34.0 Å². The van der Waals surface area contributed by atoms with Crippen molar-refractivity contribution in [2.45, 2.75) is 168 Å². The Balaban J connectivity index is 1.66. The zero-order chi connectivity index (χ0) is 43.4. The van der Waals surface area contributed by atoms with Crippen molar-refractivity contribution < 1.29 is 48.8 Å². The summed E-state index contributed by atoms with van der Waals surface area (Å²) in [5.74, 6) is -7.72. The highest BCUT2D eigenvalue weighted by molar-refractivity contribution is 6.39. The van der Waals surface area contributed by atoms with Crippen molar-refractivity contribution in [1.82, 2.24) is 4.90 Å². The zero-order valence-corrected chi connectivity index (χ0v) is 36.8. The third-order valence-corrected chi connectivity index (χ3v) is 13.8. The Morgan fingerprint density at radius 2 is 1.64 bits per heavy atom. The van der Waals surface area contributed by atoms with Gasteiger partial charge in [-0.25, -0.2) is 4.79 Å². The predicted molar refractivity (Wildman–Crippen MR) is 227 cm³/mol. The second kappa shape index (κ2) is 22.6. The molecular formula is C48H73NO10. The molecule has 0 aromatic carbocycles. The molecule has 3 heterocycles. The molecule has 4 aliphatic rings. The Bertz CT molecular complexity index is 1600. The number of carboxylic acids is 1. The summed E-state index contributed by atoms with van der Waals surface area (Å²) in [6, 6.07) is -1.32. The fourth-order valence-corrected chi connectivity index (χ4v) is 9.98. The molecule has 4 bridgehead atoms. The van der Waals surface area contributed by atoms with Crippen LogP contribution < -0.4 is 0 Å². The summed E-state index contributed by atoms with van der Waals surface area (Å²) in [6.45, 7) is 11.2. The zero-order valence-electron chi connectivity index (χ0n) is 36.8. The molecule has 1 unspecified atom stereocenters. The monoisotopic (exact) mass is 824 g/mol. The van der Waals surface area contributed by atoms with Crippen LogP contribution in [0.15, 0.2) is 47.6 Å². The SMILES string of the molecule is CO[C@H]1CCC[C@@H](CC2CCC(=O)[C@H](C)/C=C(\C)[C@@H](O)CC(=O)[C@H](C)C[C@H](C)/C=C/C=C/C=C(\C)CC[C@@H]3CC[C@@H](C)[C@@](O)(O3)C(=O)C(=O)N3CCC[C@H]2[C@H]3C(=O)O)C1. The van der Waals surface area contributed by atoms with E-state index in [0.717, 1.165) is 36.2 Å². The minimum Gasteiger partial charge on any atom is -0.480 e. The van der Waals surface area contributed by atoms with Gasteiger partial charge in [0.15, 0.2) is 0 Å². The molecule has 3 aliphatic heterocycles. The number of hydrogen-bond donors (Lipinski definition) is 3. The van der Waals surface area contributed by atoms with Crippen LogP contribution in [0.4, 0.5) is 0 Å². The number of piperidine rings is 1. The number of Topliss-reactive ketones (excluding diaryl/α,β-unsaturated/α-hetero) is 3. The van der Waals surface area contributed by atoms with Gasteiger partial charge in [-0.1, -0.05) is 82.6 Å². The van der Waals surface area contributed by atoms with Crippen molar-refractivity contribution in [3.63, 3.8) is 0 Å². The molecule has 330 valence electrons. The van der Waals surface area contributed by atoms with E-state index in [0.29, 0.717) is 63.4 Å². The van der Waals surface area contributed by atoms with Gasteiger partial charge >= 0.3 is 5.97 Å². The van der Waals surface area contributed by atoms with Gasteiger partial charge < -0.3 is 29.7 Å². The number of rotatable bonds is 4. The number of methoxy groups -OCH3 is 1. The third kappa shape index (κ3) is 13.4. The fourth-order valence-electron chi connectivity index (χ4n) is 9.98. The molecule has 2 saturated heterocycles. The molecule has 1 amide bonds. The van der Waals surface area contributed by atoms with E-state index < -0.39 is 59.5 Å². The lowest BCUT2D eigenvalue weighted by atomic mass is 9.70. The molecule has 0 aromatic heterocycles. The van der Waals surface area contributed by atoms with Crippen LogP contribution in [-0.4, -0.2) is 93.2 Å². The van der Waals surface area contributed by atoms with E-state index in [9.17, 15) is 39.3 Å². The largest absolute Gasteiger partial charge is 0.480 e. The number of nitrogens with zero attached hydrogens (tertiary/aromatic N) is 1. The van der Waals surface area contributed by atoms with Crippen molar-refractivity contribution in [2.24, 2.45) is 41.4 Å². The van der Waals surface area contributed by atoms with Crippen molar-refractivity contribution >= 4 is 29.2 Å². The summed E-state index contributed by atoms with van der Waals surface area (Å²) in [4.78, 5) is 69.6. The first-order valence-electron chi connectivity index (χ1n) is 22.4. The lowest BCUT2D eigenvalue weighted by molar-refractivity contribution is -0.263. The van der Waals surface area contributed by atoms with Crippen LogP contribution in [0.25, 0.3) is 0 Å². The minimum absolute atomic E-state index is 0.0328. The molecule has 0 aromatic rings. The van der Waals surface area contributed by atoms with E-state index in [4.69, 9.17) is 9.47 Å². The van der Waals surface area contributed by atoms with Gasteiger partial charge in [-0.2, -0.15) is 0 Å². The van der Waals surface area contributed by atoms with Crippen LogP contribution in [0.3, 0.4) is 0 Å². The van der Waals surface area contributed by atoms with Gasteiger partial charge in [-0.15, -0.1) is 0 Å². The van der Waals surface area contributed by atoms with Gasteiger partial charge in [-0.3, -0.25) is 19.2 Å². The second-order valence-corrected chi connectivity index (χ2v) is 18.5. The molecule has 59 heavy (non-hydrogen) atoms. The highest BCUT2D eigenvalue weighted by Crippen LogP contribution is 2.42. The topological polar surface area (TPSA) is 168 Å². The first-order chi connectivity index (χ1) is 27.9. The number of fused-ring (bicyclic) bond motifs is 4. The van der Waals surface area contributed by atoms with Crippen LogP contribution in [-0.2, 0) is 33.4 Å². The van der Waals surface area contributed by atoms with Crippen molar-refractivity contribution in [3.05, 3.63) is 47.6 Å². The molecule has 1 saturated carbocycles. The number of hydrogen-bond acceptors (Lipinski definition) is 9. The first-order valence-corrected chi connectivity index (χ1v) is 22.4. The van der Waals surface area contributed by atoms with Crippen LogP contribution >= 0.6 is 0 Å². The Morgan fingerprint density at radius 1 is 0.898 bits per heavy atom. The Labute approximate surface area is 352 Å². The Morgan fingerprint density at radius 3 is 2.36 bits per heavy atom. The average molecular weight is 824 g/mol. The van der Waals surface area contributed by atoms with Crippen LogP contribution in [0.2, 0.25) is 0 Å². The summed E-state index contributed by atoms with van der Waals surface area (Å²) in [5.41, 5.74) is 1.63. The van der Waals surface area contributed by atoms with Gasteiger partial charge in [0, 0.05) is 44.2 Å². The van der Waals surface area contributed by atoms with Gasteiger partial charge in [0.2, 0.25) is 5.79 Å². The Kier molecular flexibility index (Phi) is 18.5. The lowest BCUT2D eigenvalue weighted by Gasteiger charge is -2.45. The standard InChI is InChI=1S/C48H73NO10/c1-30-13-9-8-10-14-31(2)25-32(3)42(51)29-43(52)34(5)26-33(4)41(50)23-20-37(27-36-15-11-16-39(28-36)58-7)40-17-12-24-49(44(40)47(55)56)46(54)45(53)48(57)35(6)19-22-38(59-48)21-18-30/h8-10,13-14,26,31-33,35-40,43-44,52,57H,11-12,15-25,27-29H2,1-7H3,(H,55,56)/b9-8+,14-10+,30-13+,34-26+/t31-,32-,33-,35-,36+,37?,38-,39+,40-,43+,44+,48-/m1/s1. The number of ether oxygens (including phenoxy) is 2. The summed E-state index contributed by atoms with van der Waals surface area (Å²) in [7, 11) is 1.71. The second-order valence-electron chi connectivity index (χ2n) is 18.5. The third-order valence-electron chi connectivity index (χ3n) is 13.8. The van der Waals surface area contributed by atoms with Crippen LogP contribution in [0.5, 0.6) is 0 Å². The summed E-state index contributed by atoms with van der Waals surface area (Å²) in [6.07, 6.45) is 19.0. The molecule has 3 fully saturated rings. The predicted octanol–water partition coefficient (Wildman–Crippen LogP) is 7.73. The van der Waals surface area contributed by atoms with Crippen molar-refractivity contribution in [2.75, 3.05) is 13.7 Å². The number of carbonyl (C=O) groups excluding carboxylic acids is 4. The highest BCUT2D eigenvalue weighted by Gasteiger charge is 2.54. The minimum atomic E-state index is -2.38. The van der Waals surface area contributed by atoms with Crippen LogP contribution in [0, 0.1) is 41.4 Å². The van der Waals surface area contributed by atoms with Gasteiger partial charge in [-0.05, 0) is 114 Å². The van der Waals surface area contributed by atoms with E-state index in [-0.39, 0.29) is 60.7 Å². The van der Waals surface area contributed by atoms with Crippen LogP contribution in [0.1, 0.15) is 138 Å². The van der Waals surface area contributed by atoms with E-state index in [1.807, 2.05) is 44.2 Å². The summed E-state index contributed by atoms with van der Waals surface area (Å²) < 4.78 is 11.8. The number of aliphatic carboxylic acids is 1. The average Bonchev–Trinajstić information content (AvgIpc) is 3.21. The maximum atomic E-state index is 14.2. The van der Waals surface area contributed by atoms with Crippen molar-refractivity contribution in [1.29, 1.82) is 0 Å². The fraction of sp³-hybridized carbons (Fsp3) is 0.729. The maximum Gasteiger partial charge on any atom is 0.326 e. The molecule has 12 atom stereocenters. The summed E-state index contributed by atoms with van der Waals surface area (Å²) >= 11 is 0. The molecule has 4 rings (SSSR count). The first kappa shape index (κ1) is 48.4. The van der Waals surface area contributed by atoms with E-state index in [2.05, 4.69) is 6.92 Å². The number of ketones is 3. The van der Waals surface area contributed by atoms with Crippen molar-refractivity contribution in [3.8, 4) is 0 Å². The smallest absolute Gasteiger partial charge is 0.326 e. The van der Waals surface area contributed by atoms with Gasteiger partial charge in [0.25, 0.3) is 11.7 Å². The van der Waals surface area contributed by atoms with Gasteiger partial charge in [0.1, 0.15) is 17.6 Å². The van der Waals surface area contributed by atoms with E-state index in [1.165, 1.54) is 0 Å². The number of amides is 1. The van der Waals surface area contributed by atoms with E-state index >= 15 is 0 Å². The lowest BCUT2D eigenvalue weighted by Crippen LogP contribution is -2.62. The molecular weight excluding hydrogens is 751 g/mol. The maximum absolute atomic E-state index is 14.2. The molecule has 3 N–H and O–H groups in total. The molecule has 11 heteroatoms. The molecule has 0 radical (unpaired) electrons. The summed E-state index contributed by atoms with van der Waals surface area (Å²) in [5, 5.41) is 33.7. The molecule has 11 nitrogen and oxygen atoms in total. The normalized spacial score (nSPS) is 40.0. The van der Waals surface area contributed by atoms with Gasteiger partial charge in [0.05, 0.1) is 18.3 Å².